The smallest absolute Gasteiger partial charge is 0.119 e. The van der Waals surface area contributed by atoms with Crippen molar-refractivity contribution in [2.24, 2.45) is 0 Å². The number of hydrogen-bond donors (Lipinski definition) is 0. The van der Waals surface area contributed by atoms with E-state index in [9.17, 15) is 4.79 Å². The normalized spacial score (nSPS) is 11.6. The summed E-state index contributed by atoms with van der Waals surface area (Å²) in [5.74, 6) is 0. The van der Waals surface area contributed by atoms with E-state index in [1.807, 2.05) is 0 Å². The summed E-state index contributed by atoms with van der Waals surface area (Å²) in [6.07, 6.45) is 21.7. The van der Waals surface area contributed by atoms with E-state index in [1.54, 1.807) is 0 Å². The highest BCUT2D eigenvalue weighted by molar-refractivity contribution is 5.48. The molecule has 1 heteroatoms. The van der Waals surface area contributed by atoms with Gasteiger partial charge in [-0.3, -0.25) is 0 Å². The van der Waals surface area contributed by atoms with Crippen LogP contribution in [0.5, 0.6) is 0 Å². The second kappa shape index (κ2) is 15.1. The van der Waals surface area contributed by atoms with Crippen molar-refractivity contribution in [3.8, 4) is 0 Å². The van der Waals surface area contributed by atoms with E-state index >= 15 is 0 Å². The lowest BCUT2D eigenvalue weighted by Gasteiger charge is -1.93. The number of hydrogen-bond acceptors (Lipinski definition) is 1. The van der Waals surface area contributed by atoms with Crippen LogP contribution in [0.1, 0.15) is 71.1 Å². The number of unbranched alkanes of at least 4 members (excludes halogenated alkanes) is 7. The Kier molecular flexibility index (Phi) is 14.4. The zero-order valence-corrected chi connectivity index (χ0v) is 11.4. The summed E-state index contributed by atoms with van der Waals surface area (Å²) in [5.41, 5.74) is 0. The summed E-state index contributed by atoms with van der Waals surface area (Å²) < 4.78 is 0. The molecule has 0 N–H and O–H groups in total. The minimum Gasteiger partial charge on any atom is -0.303 e. The molecule has 0 aliphatic heterocycles. The number of rotatable bonds is 12. The van der Waals surface area contributed by atoms with Crippen molar-refractivity contribution in [3.05, 3.63) is 24.3 Å². The van der Waals surface area contributed by atoms with E-state index < -0.39 is 0 Å². The first kappa shape index (κ1) is 16.1. The molecule has 1 nitrogen and oxygen atoms in total. The molecule has 0 heterocycles. The quantitative estimate of drug-likeness (QED) is 0.258. The van der Waals surface area contributed by atoms with Crippen molar-refractivity contribution < 1.29 is 4.79 Å². The van der Waals surface area contributed by atoms with Gasteiger partial charge >= 0.3 is 0 Å². The van der Waals surface area contributed by atoms with E-state index in [1.165, 1.54) is 38.5 Å². The molecule has 0 spiro atoms. The van der Waals surface area contributed by atoms with Gasteiger partial charge in [0.2, 0.25) is 0 Å². The minimum absolute atomic E-state index is 0.719. The topological polar surface area (TPSA) is 17.1 Å². The fourth-order valence-corrected chi connectivity index (χ4v) is 1.64. The van der Waals surface area contributed by atoms with E-state index in [0.29, 0.717) is 0 Å². The first-order valence-electron chi connectivity index (χ1n) is 7.15. The Balaban J connectivity index is 3.13. The Morgan fingerprint density at radius 3 is 1.65 bits per heavy atom. The maximum absolute atomic E-state index is 10.1. The van der Waals surface area contributed by atoms with Gasteiger partial charge in [0.1, 0.15) is 6.29 Å². The van der Waals surface area contributed by atoms with Crippen molar-refractivity contribution in [1.82, 2.24) is 0 Å². The molecular weight excluding hydrogens is 208 g/mol. The largest absolute Gasteiger partial charge is 0.303 e. The number of allylic oxidation sites excluding steroid dienone is 4. The highest BCUT2D eigenvalue weighted by Crippen LogP contribution is 2.03. The standard InChI is InChI=1S/C16H28O/c1-2-3-4-5-6-7-8-9-10-11-12-13-14-15-16-17/h5-6,10-11,16H,2-4,7-9,12-15H2,1H3/b6-5+,11-10+. The SMILES string of the molecule is CCCC/C=C/CCC/C=C/CCCCC=O. The molecule has 0 unspecified atom stereocenters. The number of aldehydes is 1. The van der Waals surface area contributed by atoms with Gasteiger partial charge < -0.3 is 4.79 Å². The lowest BCUT2D eigenvalue weighted by molar-refractivity contribution is -0.107. The Labute approximate surface area is 107 Å². The zero-order chi connectivity index (χ0) is 12.6. The van der Waals surface area contributed by atoms with Gasteiger partial charge in [-0.1, -0.05) is 44.1 Å². The molecular formula is C16H28O. The molecule has 0 amide bonds. The molecule has 0 radical (unpaired) electrons. The van der Waals surface area contributed by atoms with Gasteiger partial charge in [-0.2, -0.15) is 0 Å². The second-order valence-electron chi connectivity index (χ2n) is 4.47. The van der Waals surface area contributed by atoms with E-state index in [2.05, 4.69) is 31.2 Å². The van der Waals surface area contributed by atoms with Crippen LogP contribution in [-0.2, 0) is 4.79 Å². The molecule has 0 fully saturated rings. The van der Waals surface area contributed by atoms with Crippen LogP contribution in [0, 0.1) is 0 Å². The van der Waals surface area contributed by atoms with Crippen molar-refractivity contribution in [2.75, 3.05) is 0 Å². The summed E-state index contributed by atoms with van der Waals surface area (Å²) in [6, 6.07) is 0. The second-order valence-corrected chi connectivity index (χ2v) is 4.47. The molecule has 0 aromatic heterocycles. The summed E-state index contributed by atoms with van der Waals surface area (Å²) >= 11 is 0. The van der Waals surface area contributed by atoms with Crippen LogP contribution in [0.4, 0.5) is 0 Å². The van der Waals surface area contributed by atoms with E-state index in [4.69, 9.17) is 0 Å². The lowest BCUT2D eigenvalue weighted by Crippen LogP contribution is -1.76. The average molecular weight is 236 g/mol. The third-order valence-corrected chi connectivity index (χ3v) is 2.74. The maximum Gasteiger partial charge on any atom is 0.119 e. The number of carbonyl (C=O) groups excluding carboxylic acids is 1. The van der Waals surface area contributed by atoms with Crippen LogP contribution >= 0.6 is 0 Å². The lowest BCUT2D eigenvalue weighted by atomic mass is 10.1. The Morgan fingerprint density at radius 2 is 1.12 bits per heavy atom. The van der Waals surface area contributed by atoms with E-state index in [0.717, 1.165) is 32.0 Å². The molecule has 0 aliphatic carbocycles. The molecule has 0 saturated carbocycles. The van der Waals surface area contributed by atoms with Crippen LogP contribution in [0.25, 0.3) is 0 Å². The van der Waals surface area contributed by atoms with Gasteiger partial charge in [0, 0.05) is 6.42 Å². The molecule has 98 valence electrons. The zero-order valence-electron chi connectivity index (χ0n) is 11.4. The molecule has 0 rings (SSSR count). The molecule has 0 atom stereocenters. The van der Waals surface area contributed by atoms with Crippen LogP contribution in [-0.4, -0.2) is 6.29 Å². The predicted molar refractivity (Wildman–Crippen MR) is 76.2 cm³/mol. The number of carbonyl (C=O) groups is 1. The van der Waals surface area contributed by atoms with Gasteiger partial charge in [-0.05, 0) is 44.9 Å². The minimum atomic E-state index is 0.719. The molecule has 17 heavy (non-hydrogen) atoms. The van der Waals surface area contributed by atoms with Gasteiger partial charge in [0.25, 0.3) is 0 Å². The van der Waals surface area contributed by atoms with Crippen LogP contribution in [0.3, 0.4) is 0 Å². The maximum atomic E-state index is 10.1. The van der Waals surface area contributed by atoms with Crippen molar-refractivity contribution in [2.45, 2.75) is 71.1 Å². The predicted octanol–water partition coefficient (Wildman–Crippen LogP) is 5.22. The van der Waals surface area contributed by atoms with Crippen molar-refractivity contribution >= 4 is 6.29 Å². The van der Waals surface area contributed by atoms with Crippen LogP contribution in [0.15, 0.2) is 24.3 Å². The fourth-order valence-electron chi connectivity index (χ4n) is 1.64. The summed E-state index contributed by atoms with van der Waals surface area (Å²) in [7, 11) is 0. The highest BCUT2D eigenvalue weighted by atomic mass is 16.1. The first-order chi connectivity index (χ1) is 8.41. The van der Waals surface area contributed by atoms with Crippen LogP contribution in [0.2, 0.25) is 0 Å². The molecule has 0 saturated heterocycles. The highest BCUT2D eigenvalue weighted by Gasteiger charge is 1.85. The molecule has 0 aliphatic rings. The monoisotopic (exact) mass is 236 g/mol. The van der Waals surface area contributed by atoms with Crippen molar-refractivity contribution in [3.63, 3.8) is 0 Å². The van der Waals surface area contributed by atoms with Gasteiger partial charge in [-0.25, -0.2) is 0 Å². The molecule has 0 aromatic rings. The summed E-state index contributed by atoms with van der Waals surface area (Å²) in [6.45, 7) is 2.23. The molecule has 0 bridgehead atoms. The Bertz CT molecular complexity index is 204. The third kappa shape index (κ3) is 15.1. The van der Waals surface area contributed by atoms with Gasteiger partial charge in [0.15, 0.2) is 0 Å². The Morgan fingerprint density at radius 1 is 0.647 bits per heavy atom. The van der Waals surface area contributed by atoms with Crippen LogP contribution < -0.4 is 0 Å². The fraction of sp³-hybridized carbons (Fsp3) is 0.688. The van der Waals surface area contributed by atoms with Gasteiger partial charge in [-0.15, -0.1) is 0 Å². The van der Waals surface area contributed by atoms with Gasteiger partial charge in [0.05, 0.1) is 0 Å². The molecule has 0 aromatic carbocycles. The van der Waals surface area contributed by atoms with E-state index in [-0.39, 0.29) is 0 Å². The summed E-state index contributed by atoms with van der Waals surface area (Å²) in [5, 5.41) is 0. The summed E-state index contributed by atoms with van der Waals surface area (Å²) in [4.78, 5) is 10.1. The Hall–Kier alpha value is -0.850. The van der Waals surface area contributed by atoms with Crippen molar-refractivity contribution in [1.29, 1.82) is 0 Å². The third-order valence-electron chi connectivity index (χ3n) is 2.74. The first-order valence-corrected chi connectivity index (χ1v) is 7.15. The average Bonchev–Trinajstić information content (AvgIpc) is 2.35.